The second kappa shape index (κ2) is 4.38. The van der Waals surface area contributed by atoms with Gasteiger partial charge >= 0.3 is 0 Å². The molecule has 78 valence electrons. The maximum atomic E-state index is 9.62. The van der Waals surface area contributed by atoms with Gasteiger partial charge in [-0.3, -0.25) is 4.90 Å². The molecule has 0 spiro atoms. The van der Waals surface area contributed by atoms with Gasteiger partial charge in [0.05, 0.1) is 12.6 Å². The Morgan fingerprint density at radius 1 is 1.64 bits per heavy atom. The van der Waals surface area contributed by atoms with E-state index in [2.05, 4.69) is 16.8 Å². The molecule has 1 aromatic rings. The lowest BCUT2D eigenvalue weighted by atomic mass is 9.98. The van der Waals surface area contributed by atoms with Gasteiger partial charge in [-0.15, -0.1) is 11.3 Å². The summed E-state index contributed by atoms with van der Waals surface area (Å²) in [5.74, 6) is 0.596. The number of aromatic nitrogens is 1. The Balaban J connectivity index is 1.91. The smallest absolute Gasteiger partial charge is 0.107 e. The largest absolute Gasteiger partial charge is 0.392 e. The molecule has 14 heavy (non-hydrogen) atoms. The Hall–Kier alpha value is -0.450. The molecule has 0 saturated carbocycles. The zero-order valence-corrected chi connectivity index (χ0v) is 9.20. The number of nitrogens with zero attached hydrogens (tertiary/aromatic N) is 2. The molecule has 4 heteroatoms. The first-order valence-electron chi connectivity index (χ1n) is 5.03. The number of aliphatic hydroxyl groups excluding tert-OH is 1. The van der Waals surface area contributed by atoms with Crippen LogP contribution in [0.15, 0.2) is 11.6 Å². The summed E-state index contributed by atoms with van der Waals surface area (Å²) in [5, 5.41) is 12.8. The van der Waals surface area contributed by atoms with Crippen LogP contribution in [0.1, 0.15) is 18.4 Å². The summed E-state index contributed by atoms with van der Waals surface area (Å²) in [6.45, 7) is 4.96. The van der Waals surface area contributed by atoms with Crippen molar-refractivity contribution in [1.82, 2.24) is 9.88 Å². The highest BCUT2D eigenvalue weighted by Gasteiger charge is 2.23. The zero-order chi connectivity index (χ0) is 9.97. The molecule has 0 aliphatic carbocycles. The second-order valence-corrected chi connectivity index (χ2v) is 5.09. The Kier molecular flexibility index (Phi) is 3.15. The first-order valence-corrected chi connectivity index (χ1v) is 5.91. The summed E-state index contributed by atoms with van der Waals surface area (Å²) < 4.78 is 0. The summed E-state index contributed by atoms with van der Waals surface area (Å²) in [7, 11) is 0. The lowest BCUT2D eigenvalue weighted by Crippen LogP contribution is -2.41. The summed E-state index contributed by atoms with van der Waals surface area (Å²) in [4.78, 5) is 6.54. The summed E-state index contributed by atoms with van der Waals surface area (Å²) >= 11 is 1.68. The average Bonchev–Trinajstić information content (AvgIpc) is 2.54. The van der Waals surface area contributed by atoms with E-state index in [0.717, 1.165) is 31.1 Å². The van der Waals surface area contributed by atoms with Crippen LogP contribution in [0.2, 0.25) is 0 Å². The fourth-order valence-corrected chi connectivity index (χ4v) is 2.74. The summed E-state index contributed by atoms with van der Waals surface area (Å²) in [6.07, 6.45) is 2.62. The van der Waals surface area contributed by atoms with Crippen LogP contribution in [-0.2, 0) is 6.54 Å². The normalized spacial score (nSPS) is 29.3. The standard InChI is InChI=1S/C10H16N2OS/c1-8-4-9(13)6-12(5-8)7-10-11-2-3-14-10/h2-3,8-9,13H,4-7H2,1H3. The van der Waals surface area contributed by atoms with Gasteiger partial charge in [0.2, 0.25) is 0 Å². The van der Waals surface area contributed by atoms with Gasteiger partial charge in [0.15, 0.2) is 0 Å². The third-order valence-corrected chi connectivity index (χ3v) is 3.32. The van der Waals surface area contributed by atoms with Crippen molar-refractivity contribution in [3.63, 3.8) is 0 Å². The van der Waals surface area contributed by atoms with Crippen LogP contribution in [0.5, 0.6) is 0 Å². The maximum absolute atomic E-state index is 9.62. The van der Waals surface area contributed by atoms with E-state index in [0.29, 0.717) is 5.92 Å². The highest BCUT2D eigenvalue weighted by Crippen LogP contribution is 2.18. The highest BCUT2D eigenvalue weighted by molar-refractivity contribution is 7.09. The molecular weight excluding hydrogens is 196 g/mol. The summed E-state index contributed by atoms with van der Waals surface area (Å²) in [5.41, 5.74) is 0. The number of likely N-dealkylation sites (tertiary alicyclic amines) is 1. The number of aliphatic hydroxyl groups is 1. The number of hydrogen-bond donors (Lipinski definition) is 1. The van der Waals surface area contributed by atoms with Crippen LogP contribution in [0, 0.1) is 5.92 Å². The van der Waals surface area contributed by atoms with Crippen molar-refractivity contribution >= 4 is 11.3 Å². The van der Waals surface area contributed by atoms with E-state index in [-0.39, 0.29) is 6.10 Å². The van der Waals surface area contributed by atoms with Crippen molar-refractivity contribution in [1.29, 1.82) is 0 Å². The van der Waals surface area contributed by atoms with Crippen LogP contribution >= 0.6 is 11.3 Å². The first-order chi connectivity index (χ1) is 6.74. The van der Waals surface area contributed by atoms with E-state index >= 15 is 0 Å². The molecule has 1 aliphatic rings. The van der Waals surface area contributed by atoms with Gasteiger partial charge < -0.3 is 5.11 Å². The minimum atomic E-state index is -0.154. The predicted molar refractivity (Wildman–Crippen MR) is 57.2 cm³/mol. The van der Waals surface area contributed by atoms with Crippen LogP contribution < -0.4 is 0 Å². The molecule has 2 rings (SSSR count). The molecule has 2 unspecified atom stereocenters. The molecule has 1 N–H and O–H groups in total. The van der Waals surface area contributed by atoms with Crippen molar-refractivity contribution in [2.45, 2.75) is 26.0 Å². The number of β-amino-alcohol motifs (C(OH)–C–C–N with tert-alkyl or cyclic N) is 1. The van der Waals surface area contributed by atoms with E-state index in [1.807, 2.05) is 11.6 Å². The van der Waals surface area contributed by atoms with Gasteiger partial charge in [-0.1, -0.05) is 6.92 Å². The van der Waals surface area contributed by atoms with E-state index in [4.69, 9.17) is 0 Å². The van der Waals surface area contributed by atoms with E-state index in [1.54, 1.807) is 11.3 Å². The number of hydrogen-bond acceptors (Lipinski definition) is 4. The van der Waals surface area contributed by atoms with Crippen molar-refractivity contribution in [3.8, 4) is 0 Å². The molecule has 1 fully saturated rings. The lowest BCUT2D eigenvalue weighted by Gasteiger charge is -2.33. The van der Waals surface area contributed by atoms with E-state index in [9.17, 15) is 5.11 Å². The summed E-state index contributed by atoms with van der Waals surface area (Å²) in [6, 6.07) is 0. The number of piperidine rings is 1. The second-order valence-electron chi connectivity index (χ2n) is 4.11. The topological polar surface area (TPSA) is 36.4 Å². The van der Waals surface area contributed by atoms with Gasteiger partial charge in [0.25, 0.3) is 0 Å². The zero-order valence-electron chi connectivity index (χ0n) is 8.39. The quantitative estimate of drug-likeness (QED) is 0.804. The van der Waals surface area contributed by atoms with Crippen molar-refractivity contribution < 1.29 is 5.11 Å². The van der Waals surface area contributed by atoms with Crippen LogP contribution in [0.3, 0.4) is 0 Å². The highest BCUT2D eigenvalue weighted by atomic mass is 32.1. The maximum Gasteiger partial charge on any atom is 0.107 e. The van der Waals surface area contributed by atoms with Gasteiger partial charge in [-0.05, 0) is 12.3 Å². The molecule has 1 aliphatic heterocycles. The third kappa shape index (κ3) is 2.53. The lowest BCUT2D eigenvalue weighted by molar-refractivity contribution is 0.0408. The molecule has 3 nitrogen and oxygen atoms in total. The Morgan fingerprint density at radius 2 is 2.50 bits per heavy atom. The predicted octanol–water partition coefficient (Wildman–Crippen LogP) is 1.35. The van der Waals surface area contributed by atoms with E-state index < -0.39 is 0 Å². The molecule has 0 radical (unpaired) electrons. The monoisotopic (exact) mass is 212 g/mol. The van der Waals surface area contributed by atoms with Crippen LogP contribution in [-0.4, -0.2) is 34.2 Å². The van der Waals surface area contributed by atoms with E-state index in [1.165, 1.54) is 0 Å². The molecule has 2 atom stereocenters. The Bertz CT molecular complexity index is 266. The van der Waals surface area contributed by atoms with Gasteiger partial charge in [-0.25, -0.2) is 4.98 Å². The van der Waals surface area contributed by atoms with Crippen molar-refractivity contribution in [3.05, 3.63) is 16.6 Å². The Labute approximate surface area is 88.4 Å². The SMILES string of the molecule is CC1CC(O)CN(Cc2nccs2)C1. The van der Waals surface area contributed by atoms with Crippen LogP contribution in [0.25, 0.3) is 0 Å². The molecular formula is C10H16N2OS. The molecule has 0 amide bonds. The van der Waals surface area contributed by atoms with Gasteiger partial charge in [0, 0.05) is 24.7 Å². The first kappa shape index (κ1) is 10.1. The Morgan fingerprint density at radius 3 is 3.14 bits per heavy atom. The van der Waals surface area contributed by atoms with Gasteiger partial charge in [0.1, 0.15) is 5.01 Å². The van der Waals surface area contributed by atoms with Crippen LogP contribution in [0.4, 0.5) is 0 Å². The fraction of sp³-hybridized carbons (Fsp3) is 0.700. The minimum Gasteiger partial charge on any atom is -0.392 e. The van der Waals surface area contributed by atoms with Gasteiger partial charge in [-0.2, -0.15) is 0 Å². The number of thiazole rings is 1. The molecule has 0 aromatic carbocycles. The number of rotatable bonds is 2. The van der Waals surface area contributed by atoms with Crippen molar-refractivity contribution in [2.24, 2.45) is 5.92 Å². The minimum absolute atomic E-state index is 0.154. The fourth-order valence-electron chi connectivity index (χ4n) is 2.08. The third-order valence-electron chi connectivity index (χ3n) is 2.56. The molecule has 1 saturated heterocycles. The molecule has 2 heterocycles. The average molecular weight is 212 g/mol. The molecule has 0 bridgehead atoms. The molecule has 1 aromatic heterocycles. The van der Waals surface area contributed by atoms with Crippen molar-refractivity contribution in [2.75, 3.05) is 13.1 Å².